The van der Waals surface area contributed by atoms with Crippen LogP contribution in [0.2, 0.25) is 0 Å². The molecular weight excluding hydrogens is 317 g/mol. The quantitative estimate of drug-likeness (QED) is 0.844. The zero-order chi connectivity index (χ0) is 16.9. The number of ether oxygens (including phenoxy) is 1. The highest BCUT2D eigenvalue weighted by atomic mass is 32.2. The summed E-state index contributed by atoms with van der Waals surface area (Å²) in [5.41, 5.74) is 1.14. The fourth-order valence-electron chi connectivity index (χ4n) is 2.28. The largest absolute Gasteiger partial charge is 0.495 e. The molecule has 1 N–H and O–H groups in total. The lowest BCUT2D eigenvalue weighted by atomic mass is 10.1. The molecular formula is C17H20FNO3S. The average molecular weight is 337 g/mol. The second kappa shape index (κ2) is 7.57. The van der Waals surface area contributed by atoms with Gasteiger partial charge in [0, 0.05) is 6.04 Å². The second-order valence-electron chi connectivity index (χ2n) is 5.34. The van der Waals surface area contributed by atoms with Gasteiger partial charge in [-0.3, -0.25) is 0 Å². The fraction of sp³-hybridized carbons (Fsp3) is 0.294. The van der Waals surface area contributed by atoms with Crippen molar-refractivity contribution in [1.82, 2.24) is 4.72 Å². The maximum absolute atomic E-state index is 13.4. The van der Waals surface area contributed by atoms with Gasteiger partial charge in [-0.15, -0.1) is 0 Å². The van der Waals surface area contributed by atoms with Crippen molar-refractivity contribution in [3.8, 4) is 5.75 Å². The molecule has 0 aromatic heterocycles. The summed E-state index contributed by atoms with van der Waals surface area (Å²) in [6.45, 7) is 1.78. The van der Waals surface area contributed by atoms with E-state index >= 15 is 0 Å². The zero-order valence-corrected chi connectivity index (χ0v) is 13.9. The Balaban J connectivity index is 2.07. The van der Waals surface area contributed by atoms with E-state index in [1.54, 1.807) is 6.92 Å². The second-order valence-corrected chi connectivity index (χ2v) is 7.02. The van der Waals surface area contributed by atoms with Gasteiger partial charge >= 0.3 is 0 Å². The van der Waals surface area contributed by atoms with Crippen LogP contribution in [0.5, 0.6) is 5.75 Å². The highest BCUT2D eigenvalue weighted by Gasteiger charge is 2.22. The number of nitrogens with one attached hydrogen (secondary N) is 1. The van der Waals surface area contributed by atoms with E-state index in [1.165, 1.54) is 13.2 Å². The van der Waals surface area contributed by atoms with Gasteiger partial charge in [-0.1, -0.05) is 30.3 Å². The molecule has 2 aromatic carbocycles. The van der Waals surface area contributed by atoms with Crippen LogP contribution in [-0.4, -0.2) is 21.6 Å². The third-order valence-corrected chi connectivity index (χ3v) is 5.09. The molecule has 0 saturated heterocycles. The van der Waals surface area contributed by atoms with E-state index in [-0.39, 0.29) is 16.7 Å². The van der Waals surface area contributed by atoms with Crippen LogP contribution in [0.4, 0.5) is 4.39 Å². The third kappa shape index (κ3) is 4.77. The number of benzene rings is 2. The van der Waals surface area contributed by atoms with E-state index < -0.39 is 15.8 Å². The maximum Gasteiger partial charge on any atom is 0.244 e. The van der Waals surface area contributed by atoms with Crippen LogP contribution < -0.4 is 9.46 Å². The van der Waals surface area contributed by atoms with Crippen molar-refractivity contribution >= 4 is 10.0 Å². The smallest absolute Gasteiger partial charge is 0.244 e. The van der Waals surface area contributed by atoms with Crippen LogP contribution in [0.3, 0.4) is 0 Å². The Hall–Kier alpha value is -1.92. The normalized spacial score (nSPS) is 12.8. The van der Waals surface area contributed by atoms with E-state index in [2.05, 4.69) is 4.72 Å². The van der Waals surface area contributed by atoms with Gasteiger partial charge in [-0.2, -0.15) is 0 Å². The lowest BCUT2D eigenvalue weighted by Gasteiger charge is -2.16. The highest BCUT2D eigenvalue weighted by molar-refractivity contribution is 7.89. The number of rotatable bonds is 7. The minimum Gasteiger partial charge on any atom is -0.495 e. The molecule has 23 heavy (non-hydrogen) atoms. The first-order valence-corrected chi connectivity index (χ1v) is 8.80. The minimum atomic E-state index is -3.84. The van der Waals surface area contributed by atoms with Gasteiger partial charge in [-0.05, 0) is 43.5 Å². The maximum atomic E-state index is 13.4. The van der Waals surface area contributed by atoms with Crippen molar-refractivity contribution in [2.45, 2.75) is 30.7 Å². The zero-order valence-electron chi connectivity index (χ0n) is 13.1. The van der Waals surface area contributed by atoms with Crippen molar-refractivity contribution in [2.75, 3.05) is 7.11 Å². The molecule has 4 nitrogen and oxygen atoms in total. The summed E-state index contributed by atoms with van der Waals surface area (Å²) in [6.07, 6.45) is 1.39. The fourth-order valence-corrected chi connectivity index (χ4v) is 3.73. The molecule has 2 aromatic rings. The van der Waals surface area contributed by atoms with Crippen molar-refractivity contribution in [2.24, 2.45) is 0 Å². The molecule has 0 amide bonds. The van der Waals surface area contributed by atoms with E-state index in [9.17, 15) is 12.8 Å². The molecule has 0 aliphatic carbocycles. The average Bonchev–Trinajstić information content (AvgIpc) is 2.53. The Morgan fingerprint density at radius 1 is 1.17 bits per heavy atom. The molecule has 0 bridgehead atoms. The summed E-state index contributed by atoms with van der Waals surface area (Å²) in [6, 6.07) is 13.0. The third-order valence-electron chi connectivity index (χ3n) is 3.48. The molecule has 0 saturated carbocycles. The molecule has 6 heteroatoms. The summed E-state index contributed by atoms with van der Waals surface area (Å²) in [5, 5.41) is 0. The predicted molar refractivity (Wildman–Crippen MR) is 87.5 cm³/mol. The van der Waals surface area contributed by atoms with Crippen LogP contribution in [-0.2, 0) is 16.4 Å². The van der Waals surface area contributed by atoms with Gasteiger partial charge in [0.25, 0.3) is 0 Å². The Labute approximate surface area is 136 Å². The summed E-state index contributed by atoms with van der Waals surface area (Å²) < 4.78 is 45.8. The predicted octanol–water partition coefficient (Wildman–Crippen LogP) is 3.13. The molecule has 0 aliphatic heterocycles. The van der Waals surface area contributed by atoms with Crippen LogP contribution in [0.1, 0.15) is 18.9 Å². The lowest BCUT2D eigenvalue weighted by molar-refractivity contribution is 0.400. The van der Waals surface area contributed by atoms with Gasteiger partial charge in [0.05, 0.1) is 7.11 Å². The molecule has 0 radical (unpaired) electrons. The van der Waals surface area contributed by atoms with Crippen molar-refractivity contribution in [1.29, 1.82) is 0 Å². The number of halogens is 1. The standard InChI is InChI=1S/C17H20FNO3S/c1-13(8-9-14-6-4-3-5-7-14)19-23(20,21)17-12-15(18)10-11-16(17)22-2/h3-7,10-13,19H,8-9H2,1-2H3/t13-/m0/s1. The molecule has 0 fully saturated rings. The summed E-state index contributed by atoms with van der Waals surface area (Å²) in [4.78, 5) is -0.188. The number of aryl methyl sites for hydroxylation is 1. The number of sulfonamides is 1. The SMILES string of the molecule is COc1ccc(F)cc1S(=O)(=O)N[C@@H](C)CCc1ccccc1. The summed E-state index contributed by atoms with van der Waals surface area (Å²) in [7, 11) is -2.49. The van der Waals surface area contributed by atoms with Gasteiger partial charge in [0.2, 0.25) is 10.0 Å². The van der Waals surface area contributed by atoms with Crippen LogP contribution in [0.25, 0.3) is 0 Å². The van der Waals surface area contributed by atoms with Gasteiger partial charge in [-0.25, -0.2) is 17.5 Å². The number of hydrogen-bond acceptors (Lipinski definition) is 3. The van der Waals surface area contributed by atoms with Gasteiger partial charge in [0.1, 0.15) is 16.5 Å². The Bertz CT molecular complexity index is 748. The molecule has 0 spiro atoms. The Morgan fingerprint density at radius 3 is 2.52 bits per heavy atom. The molecule has 0 unspecified atom stereocenters. The van der Waals surface area contributed by atoms with Crippen molar-refractivity contribution in [3.63, 3.8) is 0 Å². The van der Waals surface area contributed by atoms with E-state index in [0.29, 0.717) is 6.42 Å². The van der Waals surface area contributed by atoms with E-state index in [4.69, 9.17) is 4.74 Å². The number of hydrogen-bond donors (Lipinski definition) is 1. The first kappa shape index (κ1) is 17.4. The summed E-state index contributed by atoms with van der Waals surface area (Å²) >= 11 is 0. The van der Waals surface area contributed by atoms with Gasteiger partial charge in [0.15, 0.2) is 0 Å². The van der Waals surface area contributed by atoms with Crippen molar-refractivity contribution < 1.29 is 17.5 Å². The topological polar surface area (TPSA) is 55.4 Å². The van der Waals surface area contributed by atoms with E-state index in [1.807, 2.05) is 30.3 Å². The molecule has 0 aliphatic rings. The molecule has 1 atom stereocenters. The van der Waals surface area contributed by atoms with Gasteiger partial charge < -0.3 is 4.74 Å². The monoisotopic (exact) mass is 337 g/mol. The minimum absolute atomic E-state index is 0.120. The van der Waals surface area contributed by atoms with Crippen molar-refractivity contribution in [3.05, 3.63) is 59.9 Å². The van der Waals surface area contributed by atoms with E-state index in [0.717, 1.165) is 24.1 Å². The van der Waals surface area contributed by atoms with Crippen LogP contribution >= 0.6 is 0 Å². The first-order valence-electron chi connectivity index (χ1n) is 7.32. The Morgan fingerprint density at radius 2 is 1.87 bits per heavy atom. The number of methoxy groups -OCH3 is 1. The highest BCUT2D eigenvalue weighted by Crippen LogP contribution is 2.24. The van der Waals surface area contributed by atoms with Crippen LogP contribution in [0, 0.1) is 5.82 Å². The molecule has 124 valence electrons. The summed E-state index contributed by atoms with van der Waals surface area (Å²) in [5.74, 6) is -0.503. The molecule has 2 rings (SSSR count). The lowest BCUT2D eigenvalue weighted by Crippen LogP contribution is -2.33. The molecule has 0 heterocycles. The Kier molecular flexibility index (Phi) is 5.74. The van der Waals surface area contributed by atoms with Crippen LogP contribution in [0.15, 0.2) is 53.4 Å². The first-order chi connectivity index (χ1) is 10.9.